The largest absolute Gasteiger partial charge is 0.382 e. The first-order valence-corrected chi connectivity index (χ1v) is 6.18. The molecule has 0 bridgehead atoms. The summed E-state index contributed by atoms with van der Waals surface area (Å²) >= 11 is 0. The van der Waals surface area contributed by atoms with E-state index in [-0.39, 0.29) is 0 Å². The molecule has 1 N–H and O–H groups in total. The normalized spacial score (nSPS) is 21.1. The van der Waals surface area contributed by atoms with Crippen LogP contribution in [0.3, 0.4) is 0 Å². The molecule has 1 saturated carbocycles. The van der Waals surface area contributed by atoms with E-state index in [0.29, 0.717) is 17.5 Å². The van der Waals surface area contributed by atoms with Gasteiger partial charge in [0, 0.05) is 17.6 Å². The fourth-order valence-corrected chi connectivity index (χ4v) is 2.28. The van der Waals surface area contributed by atoms with Crippen molar-refractivity contribution in [2.45, 2.75) is 18.4 Å². The van der Waals surface area contributed by atoms with Gasteiger partial charge in [-0.3, -0.25) is 0 Å². The van der Waals surface area contributed by atoms with Gasteiger partial charge in [-0.15, -0.1) is 0 Å². The fourth-order valence-electron chi connectivity index (χ4n) is 2.28. The van der Waals surface area contributed by atoms with Gasteiger partial charge in [-0.1, -0.05) is 30.3 Å². The van der Waals surface area contributed by atoms with Crippen molar-refractivity contribution in [2.24, 2.45) is 0 Å². The van der Waals surface area contributed by atoms with E-state index in [0.717, 1.165) is 5.69 Å². The molecule has 2 unspecified atom stereocenters. The van der Waals surface area contributed by atoms with Crippen molar-refractivity contribution in [2.75, 3.05) is 5.32 Å². The van der Waals surface area contributed by atoms with Crippen molar-refractivity contribution < 1.29 is 0 Å². The number of nitrogens with zero attached hydrogens (tertiary/aromatic N) is 1. The molecule has 2 heteroatoms. The van der Waals surface area contributed by atoms with Crippen molar-refractivity contribution in [3.8, 4) is 6.07 Å². The third-order valence-corrected chi connectivity index (χ3v) is 3.38. The zero-order valence-electron chi connectivity index (χ0n) is 10.0. The van der Waals surface area contributed by atoms with Crippen molar-refractivity contribution in [1.29, 1.82) is 5.26 Å². The van der Waals surface area contributed by atoms with E-state index in [4.69, 9.17) is 5.26 Å². The minimum atomic E-state index is 0.528. The van der Waals surface area contributed by atoms with Crippen LogP contribution < -0.4 is 5.32 Å². The molecule has 1 aliphatic carbocycles. The standard InChI is InChI=1S/C16H14N2/c17-11-12-6-8-14(9-7-12)18-16-10-15(16)13-4-2-1-3-5-13/h1-9,15-16,18H,10H2. The minimum absolute atomic E-state index is 0.528. The van der Waals surface area contributed by atoms with Crippen LogP contribution in [0.5, 0.6) is 0 Å². The Balaban J connectivity index is 1.64. The highest BCUT2D eigenvalue weighted by Crippen LogP contribution is 2.42. The number of anilines is 1. The molecule has 1 aliphatic rings. The van der Waals surface area contributed by atoms with Crippen molar-refractivity contribution in [3.05, 3.63) is 65.7 Å². The highest BCUT2D eigenvalue weighted by Gasteiger charge is 2.37. The van der Waals surface area contributed by atoms with E-state index < -0.39 is 0 Å². The minimum Gasteiger partial charge on any atom is -0.382 e. The van der Waals surface area contributed by atoms with Crippen LogP contribution in [-0.2, 0) is 0 Å². The van der Waals surface area contributed by atoms with E-state index in [2.05, 4.69) is 41.7 Å². The second-order valence-electron chi connectivity index (χ2n) is 4.69. The van der Waals surface area contributed by atoms with Gasteiger partial charge in [0.05, 0.1) is 11.6 Å². The highest BCUT2D eigenvalue weighted by atomic mass is 15.0. The van der Waals surface area contributed by atoms with E-state index in [1.807, 2.05) is 24.3 Å². The van der Waals surface area contributed by atoms with Crippen molar-refractivity contribution >= 4 is 5.69 Å². The molecule has 0 radical (unpaired) electrons. The quantitative estimate of drug-likeness (QED) is 0.881. The van der Waals surface area contributed by atoms with Gasteiger partial charge in [-0.05, 0) is 36.2 Å². The SMILES string of the molecule is N#Cc1ccc(NC2CC2c2ccccc2)cc1. The lowest BCUT2D eigenvalue weighted by Crippen LogP contribution is -2.03. The second kappa shape index (κ2) is 4.54. The van der Waals surface area contributed by atoms with Crippen LogP contribution in [0.2, 0.25) is 0 Å². The molecule has 2 atom stereocenters. The Morgan fingerprint density at radius 3 is 2.39 bits per heavy atom. The van der Waals surface area contributed by atoms with E-state index >= 15 is 0 Å². The second-order valence-corrected chi connectivity index (χ2v) is 4.69. The van der Waals surface area contributed by atoms with Gasteiger partial charge < -0.3 is 5.32 Å². The fraction of sp³-hybridized carbons (Fsp3) is 0.188. The molecule has 0 aliphatic heterocycles. The Hall–Kier alpha value is -2.27. The summed E-state index contributed by atoms with van der Waals surface area (Å²) in [5.74, 6) is 0.627. The maximum absolute atomic E-state index is 8.74. The summed E-state index contributed by atoms with van der Waals surface area (Å²) in [4.78, 5) is 0. The zero-order valence-corrected chi connectivity index (χ0v) is 10.0. The topological polar surface area (TPSA) is 35.8 Å². The molecule has 3 rings (SSSR count). The first kappa shape index (κ1) is 10.9. The monoisotopic (exact) mass is 234 g/mol. The van der Waals surface area contributed by atoms with Crippen LogP contribution in [0.4, 0.5) is 5.69 Å². The molecular formula is C16H14N2. The lowest BCUT2D eigenvalue weighted by molar-refractivity contribution is 1.05. The summed E-state index contributed by atoms with van der Waals surface area (Å²) in [5.41, 5.74) is 3.21. The number of benzene rings is 2. The first-order valence-electron chi connectivity index (χ1n) is 6.18. The molecule has 0 saturated heterocycles. The average Bonchev–Trinajstić information content (AvgIpc) is 3.20. The van der Waals surface area contributed by atoms with Crippen LogP contribution in [0.25, 0.3) is 0 Å². The molecule has 0 amide bonds. The molecule has 2 aromatic rings. The van der Waals surface area contributed by atoms with Gasteiger partial charge in [-0.25, -0.2) is 0 Å². The molecule has 2 nitrogen and oxygen atoms in total. The van der Waals surface area contributed by atoms with Crippen LogP contribution in [0, 0.1) is 11.3 Å². The first-order chi connectivity index (χ1) is 8.86. The van der Waals surface area contributed by atoms with Gasteiger partial charge in [0.25, 0.3) is 0 Å². The molecule has 0 heterocycles. The highest BCUT2D eigenvalue weighted by molar-refractivity contribution is 5.50. The smallest absolute Gasteiger partial charge is 0.0991 e. The summed E-state index contributed by atoms with van der Waals surface area (Å²) in [5, 5.41) is 12.2. The lowest BCUT2D eigenvalue weighted by atomic mass is 10.1. The van der Waals surface area contributed by atoms with Gasteiger partial charge in [0.2, 0.25) is 0 Å². The zero-order chi connectivity index (χ0) is 12.4. The van der Waals surface area contributed by atoms with Gasteiger partial charge in [0.1, 0.15) is 0 Å². The third kappa shape index (κ3) is 2.21. The number of nitriles is 1. The van der Waals surface area contributed by atoms with E-state index in [1.165, 1.54) is 12.0 Å². The Kier molecular flexibility index (Phi) is 2.74. The summed E-state index contributed by atoms with van der Waals surface area (Å²) in [7, 11) is 0. The van der Waals surface area contributed by atoms with Crippen LogP contribution >= 0.6 is 0 Å². The number of hydrogen-bond acceptors (Lipinski definition) is 2. The average molecular weight is 234 g/mol. The Bertz CT molecular complexity index is 566. The number of nitrogens with one attached hydrogen (secondary N) is 1. The van der Waals surface area contributed by atoms with Crippen LogP contribution in [-0.4, -0.2) is 6.04 Å². The van der Waals surface area contributed by atoms with E-state index in [1.54, 1.807) is 0 Å². The van der Waals surface area contributed by atoms with Gasteiger partial charge in [-0.2, -0.15) is 5.26 Å². The Morgan fingerprint density at radius 2 is 1.72 bits per heavy atom. The molecule has 1 fully saturated rings. The summed E-state index contributed by atoms with van der Waals surface area (Å²) in [6.45, 7) is 0. The molecule has 0 spiro atoms. The summed E-state index contributed by atoms with van der Waals surface area (Å²) in [6, 6.07) is 20.9. The predicted molar refractivity (Wildman–Crippen MR) is 72.4 cm³/mol. The van der Waals surface area contributed by atoms with Gasteiger partial charge >= 0.3 is 0 Å². The van der Waals surface area contributed by atoms with Gasteiger partial charge in [0.15, 0.2) is 0 Å². The lowest BCUT2D eigenvalue weighted by Gasteiger charge is -2.05. The number of rotatable bonds is 3. The van der Waals surface area contributed by atoms with E-state index in [9.17, 15) is 0 Å². The molecule has 0 aromatic heterocycles. The molecule has 18 heavy (non-hydrogen) atoms. The molecule has 88 valence electrons. The summed E-state index contributed by atoms with van der Waals surface area (Å²) in [6.07, 6.45) is 1.18. The maximum atomic E-state index is 8.74. The van der Waals surface area contributed by atoms with Crippen molar-refractivity contribution in [1.82, 2.24) is 0 Å². The number of hydrogen-bond donors (Lipinski definition) is 1. The van der Waals surface area contributed by atoms with Crippen LogP contribution in [0.1, 0.15) is 23.5 Å². The predicted octanol–water partition coefficient (Wildman–Crippen LogP) is 3.53. The molecule has 2 aromatic carbocycles. The maximum Gasteiger partial charge on any atom is 0.0991 e. The van der Waals surface area contributed by atoms with Crippen molar-refractivity contribution in [3.63, 3.8) is 0 Å². The van der Waals surface area contributed by atoms with Crippen LogP contribution in [0.15, 0.2) is 54.6 Å². The Labute approximate surface area is 107 Å². The molecular weight excluding hydrogens is 220 g/mol. The summed E-state index contributed by atoms with van der Waals surface area (Å²) < 4.78 is 0. The third-order valence-electron chi connectivity index (χ3n) is 3.38. The Morgan fingerprint density at radius 1 is 1.00 bits per heavy atom.